The van der Waals surface area contributed by atoms with Crippen LogP contribution in [-0.4, -0.2) is 25.7 Å². The monoisotopic (exact) mass is 323 g/mol. The summed E-state index contributed by atoms with van der Waals surface area (Å²) in [6, 6.07) is 9.86. The summed E-state index contributed by atoms with van der Waals surface area (Å²) in [6.45, 7) is 4.18. The van der Waals surface area contributed by atoms with Crippen LogP contribution in [0.25, 0.3) is 11.3 Å². The average Bonchev–Trinajstić information content (AvgIpc) is 3.23. The number of rotatable bonds is 6. The van der Waals surface area contributed by atoms with Crippen molar-refractivity contribution in [1.82, 2.24) is 25.1 Å². The molecule has 0 unspecified atom stereocenters. The zero-order chi connectivity index (χ0) is 16.9. The second kappa shape index (κ2) is 7.12. The molecule has 1 amide bonds. The van der Waals surface area contributed by atoms with Gasteiger partial charge >= 0.3 is 0 Å². The smallest absolute Gasteiger partial charge is 0.242 e. The van der Waals surface area contributed by atoms with E-state index in [0.717, 1.165) is 29.1 Å². The fourth-order valence-electron chi connectivity index (χ4n) is 2.58. The van der Waals surface area contributed by atoms with Crippen LogP contribution in [0.15, 0.2) is 48.9 Å². The first kappa shape index (κ1) is 16.0. The number of nitrogens with zero attached hydrogens (tertiary/aromatic N) is 3. The minimum Gasteiger partial charge on any atom is -0.345 e. The van der Waals surface area contributed by atoms with Crippen molar-refractivity contribution in [3.63, 3.8) is 0 Å². The number of H-pyrrole nitrogens is 1. The number of aromatic nitrogens is 4. The van der Waals surface area contributed by atoms with Gasteiger partial charge in [-0.25, -0.2) is 4.98 Å². The van der Waals surface area contributed by atoms with E-state index in [4.69, 9.17) is 0 Å². The third kappa shape index (κ3) is 3.71. The molecule has 24 heavy (non-hydrogen) atoms. The first-order valence-corrected chi connectivity index (χ1v) is 8.04. The lowest BCUT2D eigenvalue weighted by atomic mass is 10.2. The SMILES string of the molecule is CC[C@H](NC(=O)Cn1cc(C)cn1)c1ncc(-c2ccccc2)[nH]1. The largest absolute Gasteiger partial charge is 0.345 e. The summed E-state index contributed by atoms with van der Waals surface area (Å²) in [5.74, 6) is 0.684. The minimum atomic E-state index is -0.147. The van der Waals surface area contributed by atoms with Crippen molar-refractivity contribution in [3.05, 3.63) is 60.3 Å². The van der Waals surface area contributed by atoms with Crippen molar-refractivity contribution < 1.29 is 4.79 Å². The molecule has 6 heteroatoms. The van der Waals surface area contributed by atoms with E-state index in [1.165, 1.54) is 0 Å². The summed E-state index contributed by atoms with van der Waals surface area (Å²) >= 11 is 0. The Morgan fingerprint density at radius 2 is 2.08 bits per heavy atom. The lowest BCUT2D eigenvalue weighted by Gasteiger charge is -2.14. The summed E-state index contributed by atoms with van der Waals surface area (Å²) in [5, 5.41) is 7.15. The average molecular weight is 323 g/mol. The van der Waals surface area contributed by atoms with Crippen LogP contribution in [0.1, 0.15) is 30.8 Å². The highest BCUT2D eigenvalue weighted by Gasteiger charge is 2.16. The Hall–Kier alpha value is -2.89. The summed E-state index contributed by atoms with van der Waals surface area (Å²) in [5.41, 5.74) is 3.05. The molecule has 0 saturated carbocycles. The molecule has 0 aliphatic carbocycles. The molecular weight excluding hydrogens is 302 g/mol. The number of imidazole rings is 1. The van der Waals surface area contributed by atoms with Gasteiger partial charge in [0.05, 0.1) is 24.1 Å². The van der Waals surface area contributed by atoms with Crippen LogP contribution < -0.4 is 5.32 Å². The molecule has 2 N–H and O–H groups in total. The maximum atomic E-state index is 12.2. The van der Waals surface area contributed by atoms with Crippen LogP contribution in [0.4, 0.5) is 0 Å². The van der Waals surface area contributed by atoms with Crippen LogP contribution in [0.2, 0.25) is 0 Å². The molecule has 0 radical (unpaired) electrons. The van der Waals surface area contributed by atoms with E-state index in [-0.39, 0.29) is 18.5 Å². The number of benzene rings is 1. The topological polar surface area (TPSA) is 75.6 Å². The fourth-order valence-corrected chi connectivity index (χ4v) is 2.58. The second-order valence-corrected chi connectivity index (χ2v) is 5.79. The molecular formula is C18H21N5O. The van der Waals surface area contributed by atoms with Gasteiger partial charge in [-0.05, 0) is 24.5 Å². The Morgan fingerprint density at radius 3 is 2.75 bits per heavy atom. The Morgan fingerprint density at radius 1 is 1.29 bits per heavy atom. The molecule has 3 aromatic rings. The molecule has 1 aromatic carbocycles. The molecule has 6 nitrogen and oxygen atoms in total. The van der Waals surface area contributed by atoms with Gasteiger partial charge in [0.25, 0.3) is 0 Å². The zero-order valence-corrected chi connectivity index (χ0v) is 13.9. The first-order valence-electron chi connectivity index (χ1n) is 8.04. The van der Waals surface area contributed by atoms with E-state index in [2.05, 4.69) is 20.4 Å². The van der Waals surface area contributed by atoms with Crippen molar-refractivity contribution in [2.75, 3.05) is 0 Å². The minimum absolute atomic E-state index is 0.0809. The van der Waals surface area contributed by atoms with Gasteiger partial charge in [-0.1, -0.05) is 37.3 Å². The Bertz CT molecular complexity index is 806. The van der Waals surface area contributed by atoms with Gasteiger partial charge in [-0.15, -0.1) is 0 Å². The summed E-state index contributed by atoms with van der Waals surface area (Å²) in [7, 11) is 0. The predicted octanol–water partition coefficient (Wildman–Crippen LogP) is 2.85. The van der Waals surface area contributed by atoms with Crippen LogP contribution in [-0.2, 0) is 11.3 Å². The van der Waals surface area contributed by atoms with E-state index >= 15 is 0 Å². The van der Waals surface area contributed by atoms with E-state index in [9.17, 15) is 4.79 Å². The van der Waals surface area contributed by atoms with Crippen LogP contribution in [0.5, 0.6) is 0 Å². The summed E-state index contributed by atoms with van der Waals surface area (Å²) in [6.07, 6.45) is 6.14. The van der Waals surface area contributed by atoms with Crippen molar-refractivity contribution in [1.29, 1.82) is 0 Å². The van der Waals surface area contributed by atoms with Gasteiger partial charge in [-0.3, -0.25) is 9.48 Å². The standard InChI is InChI=1S/C18H21N5O/c1-3-15(21-17(24)12-23-11-13(2)9-20-23)18-19-10-16(22-18)14-7-5-4-6-8-14/h4-11,15H,3,12H2,1-2H3,(H,19,22)(H,21,24)/t15-/m0/s1. The van der Waals surface area contributed by atoms with Gasteiger partial charge in [-0.2, -0.15) is 5.10 Å². The molecule has 0 aliphatic heterocycles. The molecule has 2 aromatic heterocycles. The molecule has 0 saturated heterocycles. The Kier molecular flexibility index (Phi) is 4.74. The molecule has 124 valence electrons. The lowest BCUT2D eigenvalue weighted by Crippen LogP contribution is -2.32. The molecule has 1 atom stereocenters. The highest BCUT2D eigenvalue weighted by Crippen LogP contribution is 2.20. The van der Waals surface area contributed by atoms with E-state index in [1.807, 2.05) is 50.4 Å². The second-order valence-electron chi connectivity index (χ2n) is 5.79. The molecule has 2 heterocycles. The highest BCUT2D eigenvalue weighted by molar-refractivity contribution is 5.76. The molecule has 0 spiro atoms. The van der Waals surface area contributed by atoms with E-state index < -0.39 is 0 Å². The number of amides is 1. The zero-order valence-electron chi connectivity index (χ0n) is 13.9. The fraction of sp³-hybridized carbons (Fsp3) is 0.278. The third-order valence-electron chi connectivity index (χ3n) is 3.82. The van der Waals surface area contributed by atoms with Gasteiger partial charge in [0.15, 0.2) is 0 Å². The number of aromatic amines is 1. The van der Waals surface area contributed by atoms with Gasteiger partial charge in [0.1, 0.15) is 12.4 Å². The van der Waals surface area contributed by atoms with Gasteiger partial charge in [0, 0.05) is 6.20 Å². The van der Waals surface area contributed by atoms with Crippen molar-refractivity contribution in [2.24, 2.45) is 0 Å². The van der Waals surface area contributed by atoms with E-state index in [0.29, 0.717) is 0 Å². The number of carbonyl (C=O) groups excluding carboxylic acids is 1. The first-order chi connectivity index (χ1) is 11.7. The maximum Gasteiger partial charge on any atom is 0.242 e. The van der Waals surface area contributed by atoms with Crippen molar-refractivity contribution >= 4 is 5.91 Å². The van der Waals surface area contributed by atoms with Gasteiger partial charge in [0.2, 0.25) is 5.91 Å². The van der Waals surface area contributed by atoms with Crippen LogP contribution in [0.3, 0.4) is 0 Å². The quantitative estimate of drug-likeness (QED) is 0.732. The molecule has 3 rings (SSSR count). The number of aryl methyl sites for hydroxylation is 1. The Balaban J connectivity index is 1.68. The highest BCUT2D eigenvalue weighted by atomic mass is 16.2. The summed E-state index contributed by atoms with van der Waals surface area (Å²) in [4.78, 5) is 20.0. The third-order valence-corrected chi connectivity index (χ3v) is 3.82. The van der Waals surface area contributed by atoms with Crippen molar-refractivity contribution in [2.45, 2.75) is 32.9 Å². The van der Waals surface area contributed by atoms with Crippen molar-refractivity contribution in [3.8, 4) is 11.3 Å². The number of hydrogen-bond donors (Lipinski definition) is 2. The van der Waals surface area contributed by atoms with Gasteiger partial charge < -0.3 is 10.3 Å². The number of hydrogen-bond acceptors (Lipinski definition) is 3. The molecule has 0 aliphatic rings. The molecule has 0 fully saturated rings. The van der Waals surface area contributed by atoms with Crippen LogP contribution >= 0.6 is 0 Å². The molecule has 0 bridgehead atoms. The Labute approximate surface area is 140 Å². The van der Waals surface area contributed by atoms with E-state index in [1.54, 1.807) is 17.1 Å². The number of nitrogens with one attached hydrogen (secondary N) is 2. The maximum absolute atomic E-state index is 12.2. The summed E-state index contributed by atoms with van der Waals surface area (Å²) < 4.78 is 1.63. The number of carbonyl (C=O) groups is 1. The normalized spacial score (nSPS) is 12.1. The van der Waals surface area contributed by atoms with Crippen LogP contribution in [0, 0.1) is 6.92 Å². The predicted molar refractivity (Wildman–Crippen MR) is 92.2 cm³/mol. The lowest BCUT2D eigenvalue weighted by molar-refractivity contribution is -0.122.